The fourth-order valence-electron chi connectivity index (χ4n) is 2.91. The largest absolute Gasteiger partial charge is 0.294 e. The van der Waals surface area contributed by atoms with Crippen LogP contribution in [0.3, 0.4) is 0 Å². The summed E-state index contributed by atoms with van der Waals surface area (Å²) >= 11 is 0. The van der Waals surface area contributed by atoms with E-state index in [-0.39, 0.29) is 5.41 Å². The molecule has 2 atom stereocenters. The number of Topliss-reactive ketones (excluding diaryl/α,β-unsaturated/α-hetero) is 1. The van der Waals surface area contributed by atoms with Crippen molar-refractivity contribution in [3.8, 4) is 0 Å². The molecule has 1 heteroatoms. The second-order valence-corrected chi connectivity index (χ2v) is 5.35. The van der Waals surface area contributed by atoms with E-state index in [4.69, 9.17) is 0 Å². The topological polar surface area (TPSA) is 17.1 Å². The van der Waals surface area contributed by atoms with E-state index in [1.807, 2.05) is 0 Å². The Bertz CT molecular complexity index is 481. The van der Waals surface area contributed by atoms with E-state index in [0.717, 1.165) is 17.6 Å². The van der Waals surface area contributed by atoms with Crippen molar-refractivity contribution in [2.24, 2.45) is 11.3 Å². The Morgan fingerprint density at radius 2 is 2.00 bits per heavy atom. The lowest BCUT2D eigenvalue weighted by Gasteiger charge is -2.56. The van der Waals surface area contributed by atoms with Crippen LogP contribution in [0.2, 0.25) is 0 Å². The molecule has 1 unspecified atom stereocenters. The van der Waals surface area contributed by atoms with Crippen LogP contribution in [0.4, 0.5) is 0 Å². The van der Waals surface area contributed by atoms with Crippen molar-refractivity contribution in [2.75, 3.05) is 0 Å². The van der Waals surface area contributed by atoms with Crippen molar-refractivity contribution < 1.29 is 4.79 Å². The summed E-state index contributed by atoms with van der Waals surface area (Å²) < 4.78 is 0. The van der Waals surface area contributed by atoms with Crippen LogP contribution in [0.15, 0.2) is 29.8 Å². The van der Waals surface area contributed by atoms with E-state index in [9.17, 15) is 4.79 Å². The number of benzene rings is 1. The van der Waals surface area contributed by atoms with Gasteiger partial charge in [-0.2, -0.15) is 0 Å². The number of carbonyl (C=O) groups excluding carboxylic acids is 1. The number of hydrogen-bond donors (Lipinski definition) is 0. The van der Waals surface area contributed by atoms with Crippen LogP contribution in [0.5, 0.6) is 0 Å². The van der Waals surface area contributed by atoms with Crippen molar-refractivity contribution in [3.05, 3.63) is 41.0 Å². The molecular formula is C15H16O. The first kappa shape index (κ1) is 9.83. The van der Waals surface area contributed by atoms with Crippen molar-refractivity contribution >= 4 is 11.9 Å². The minimum Gasteiger partial charge on any atom is -0.294 e. The monoisotopic (exact) mass is 212 g/mol. The van der Waals surface area contributed by atoms with Gasteiger partial charge in [0.1, 0.15) is 0 Å². The Morgan fingerprint density at radius 3 is 2.50 bits per heavy atom. The first-order valence-corrected chi connectivity index (χ1v) is 5.94. The highest BCUT2D eigenvalue weighted by atomic mass is 16.1. The normalized spacial score (nSPS) is 34.2. The molecule has 1 nitrogen and oxygen atoms in total. The Balaban J connectivity index is 1.89. The highest BCUT2D eigenvalue weighted by Gasteiger charge is 2.60. The molecule has 0 heterocycles. The van der Waals surface area contributed by atoms with Gasteiger partial charge < -0.3 is 0 Å². The van der Waals surface area contributed by atoms with Crippen molar-refractivity contribution in [1.82, 2.24) is 0 Å². The van der Waals surface area contributed by atoms with Gasteiger partial charge in [0.05, 0.1) is 0 Å². The third-order valence-electron chi connectivity index (χ3n) is 4.28. The van der Waals surface area contributed by atoms with Crippen LogP contribution in [0.1, 0.15) is 30.9 Å². The van der Waals surface area contributed by atoms with Gasteiger partial charge in [-0.3, -0.25) is 4.79 Å². The van der Waals surface area contributed by atoms with Crippen molar-refractivity contribution in [2.45, 2.75) is 26.7 Å². The number of aryl methyl sites for hydroxylation is 1. The molecule has 2 aliphatic rings. The molecule has 2 saturated carbocycles. The summed E-state index contributed by atoms with van der Waals surface area (Å²) in [4.78, 5) is 11.9. The Labute approximate surface area is 96.2 Å². The second kappa shape index (κ2) is 3.07. The van der Waals surface area contributed by atoms with Crippen LogP contribution in [-0.4, -0.2) is 5.78 Å². The Hall–Kier alpha value is -1.37. The zero-order chi connectivity index (χ0) is 11.3. The lowest BCUT2D eigenvalue weighted by molar-refractivity contribution is -0.144. The lowest BCUT2D eigenvalue weighted by Crippen LogP contribution is -2.57. The van der Waals surface area contributed by atoms with Crippen LogP contribution in [-0.2, 0) is 4.79 Å². The number of ketones is 1. The SMILES string of the molecule is Cc1ccc(/C=C2\C(=O)[C@@]3(C)CCC23)cc1. The number of rotatable bonds is 1. The zero-order valence-electron chi connectivity index (χ0n) is 9.79. The van der Waals surface area contributed by atoms with Crippen LogP contribution < -0.4 is 0 Å². The summed E-state index contributed by atoms with van der Waals surface area (Å²) in [5.41, 5.74) is 3.48. The average Bonchev–Trinajstić information content (AvgIpc) is 2.28. The molecule has 2 aliphatic carbocycles. The molecule has 0 aromatic heterocycles. The molecule has 0 bridgehead atoms. The fourth-order valence-corrected chi connectivity index (χ4v) is 2.91. The third kappa shape index (κ3) is 1.14. The number of fused-ring (bicyclic) bond motifs is 1. The average molecular weight is 212 g/mol. The predicted octanol–water partition coefficient (Wildman–Crippen LogP) is 3.38. The number of carbonyl (C=O) groups is 1. The maximum atomic E-state index is 11.9. The molecular weight excluding hydrogens is 196 g/mol. The molecule has 0 N–H and O–H groups in total. The summed E-state index contributed by atoms with van der Waals surface area (Å²) in [6.45, 7) is 4.18. The van der Waals surface area contributed by atoms with Crippen LogP contribution in [0, 0.1) is 18.3 Å². The summed E-state index contributed by atoms with van der Waals surface area (Å²) in [7, 11) is 0. The predicted molar refractivity (Wildman–Crippen MR) is 65.0 cm³/mol. The standard InChI is InChI=1S/C15H16O/c1-10-3-5-11(6-4-10)9-12-13-7-8-15(13,2)14(12)16/h3-6,9,13H,7-8H2,1-2H3/b12-9-/t13?,15-/m0/s1. The minimum atomic E-state index is 0.0104. The van der Waals surface area contributed by atoms with Gasteiger partial charge in [-0.15, -0.1) is 0 Å². The fraction of sp³-hybridized carbons (Fsp3) is 0.400. The smallest absolute Gasteiger partial charge is 0.165 e. The van der Waals surface area contributed by atoms with Crippen LogP contribution >= 0.6 is 0 Å². The first-order valence-electron chi connectivity index (χ1n) is 5.94. The minimum absolute atomic E-state index is 0.0104. The van der Waals surface area contributed by atoms with Gasteiger partial charge >= 0.3 is 0 Å². The molecule has 0 radical (unpaired) electrons. The van der Waals surface area contributed by atoms with E-state index in [0.29, 0.717) is 11.7 Å². The quantitative estimate of drug-likeness (QED) is 0.652. The van der Waals surface area contributed by atoms with Crippen molar-refractivity contribution in [1.29, 1.82) is 0 Å². The molecule has 0 saturated heterocycles. The summed E-state index contributed by atoms with van der Waals surface area (Å²) in [5.74, 6) is 0.922. The molecule has 82 valence electrons. The second-order valence-electron chi connectivity index (χ2n) is 5.35. The van der Waals surface area contributed by atoms with E-state index in [1.54, 1.807) is 0 Å². The highest BCUT2D eigenvalue weighted by molar-refractivity contribution is 6.12. The Kier molecular flexibility index (Phi) is 1.88. The Morgan fingerprint density at radius 1 is 1.31 bits per heavy atom. The van der Waals surface area contributed by atoms with E-state index < -0.39 is 0 Å². The van der Waals surface area contributed by atoms with E-state index in [1.165, 1.54) is 12.0 Å². The summed E-state index contributed by atoms with van der Waals surface area (Å²) in [6.07, 6.45) is 4.36. The molecule has 2 fully saturated rings. The molecule has 0 spiro atoms. The van der Waals surface area contributed by atoms with Crippen molar-refractivity contribution in [3.63, 3.8) is 0 Å². The molecule has 0 amide bonds. The van der Waals surface area contributed by atoms with Gasteiger partial charge in [0.15, 0.2) is 5.78 Å². The third-order valence-corrected chi connectivity index (χ3v) is 4.28. The zero-order valence-corrected chi connectivity index (χ0v) is 9.79. The van der Waals surface area contributed by atoms with Gasteiger partial charge in [0, 0.05) is 16.9 Å². The van der Waals surface area contributed by atoms with Gasteiger partial charge in [0.2, 0.25) is 0 Å². The van der Waals surface area contributed by atoms with Crippen LogP contribution in [0.25, 0.3) is 6.08 Å². The van der Waals surface area contributed by atoms with Gasteiger partial charge in [-0.05, 0) is 31.4 Å². The molecule has 1 aromatic rings. The number of hydrogen-bond acceptors (Lipinski definition) is 1. The molecule has 1 aromatic carbocycles. The first-order chi connectivity index (χ1) is 7.61. The molecule has 3 rings (SSSR count). The molecule has 0 aliphatic heterocycles. The maximum absolute atomic E-state index is 11.9. The highest BCUT2D eigenvalue weighted by Crippen LogP contribution is 2.61. The van der Waals surface area contributed by atoms with Gasteiger partial charge in [-0.1, -0.05) is 36.8 Å². The summed E-state index contributed by atoms with van der Waals surface area (Å²) in [6, 6.07) is 8.36. The van der Waals surface area contributed by atoms with E-state index >= 15 is 0 Å². The van der Waals surface area contributed by atoms with Gasteiger partial charge in [-0.25, -0.2) is 0 Å². The van der Waals surface area contributed by atoms with Gasteiger partial charge in [0.25, 0.3) is 0 Å². The lowest BCUT2D eigenvalue weighted by atomic mass is 9.45. The summed E-state index contributed by atoms with van der Waals surface area (Å²) in [5, 5.41) is 0. The molecule has 16 heavy (non-hydrogen) atoms. The maximum Gasteiger partial charge on any atom is 0.165 e. The number of allylic oxidation sites excluding steroid dienone is 1. The van der Waals surface area contributed by atoms with E-state index in [2.05, 4.69) is 44.2 Å².